The molecule has 1 radical (unpaired) electrons. The summed E-state index contributed by atoms with van der Waals surface area (Å²) in [5.41, 5.74) is 2.57. The summed E-state index contributed by atoms with van der Waals surface area (Å²) in [7, 11) is 0. The zero-order valence-corrected chi connectivity index (χ0v) is 9.85. The van der Waals surface area contributed by atoms with Gasteiger partial charge < -0.3 is 0 Å². The summed E-state index contributed by atoms with van der Waals surface area (Å²) in [6.45, 7) is 0. The summed E-state index contributed by atoms with van der Waals surface area (Å²) in [5.74, 6) is 0. The lowest BCUT2D eigenvalue weighted by Gasteiger charge is -2.09. The zero-order chi connectivity index (χ0) is 11.9. The maximum atomic E-state index is 3.33. The topological polar surface area (TPSA) is 0 Å². The molecule has 0 nitrogen and oxygen atoms in total. The van der Waals surface area contributed by atoms with Gasteiger partial charge in [-0.1, -0.05) is 60.7 Å². The summed E-state index contributed by atoms with van der Waals surface area (Å²) in [5, 5.41) is 5.12. The molecule has 0 heterocycles. The second kappa shape index (κ2) is 3.58. The van der Waals surface area contributed by atoms with Gasteiger partial charge in [0, 0.05) is 0 Å². The molecule has 83 valence electrons. The number of rotatable bonds is 0. The van der Waals surface area contributed by atoms with E-state index in [0.29, 0.717) is 0 Å². The van der Waals surface area contributed by atoms with Crippen molar-refractivity contribution < 1.29 is 0 Å². The number of allylic oxidation sites excluding steroid dienone is 2. The van der Waals surface area contributed by atoms with Crippen LogP contribution in [0.1, 0.15) is 11.1 Å². The molecule has 4 rings (SSSR count). The molecule has 0 N–H and O–H groups in total. The fourth-order valence-electron chi connectivity index (χ4n) is 2.74. The number of benzene rings is 3. The molecule has 0 bridgehead atoms. The van der Waals surface area contributed by atoms with E-state index >= 15 is 0 Å². The Balaban J connectivity index is 2.34. The van der Waals surface area contributed by atoms with Crippen molar-refractivity contribution >= 4 is 33.7 Å². The quantitative estimate of drug-likeness (QED) is 0.482. The normalized spacial score (nSPS) is 13.1. The van der Waals surface area contributed by atoms with Crippen LogP contribution in [0.5, 0.6) is 0 Å². The van der Waals surface area contributed by atoms with Crippen LogP contribution in [0.25, 0.3) is 33.7 Å². The lowest BCUT2D eigenvalue weighted by atomic mass is 9.94. The first-order valence-corrected chi connectivity index (χ1v) is 6.14. The minimum Gasteiger partial charge on any atom is -0.0616 e. The Bertz CT molecular complexity index is 820. The first-order chi connectivity index (χ1) is 8.93. The fraction of sp³-hybridized carbons (Fsp3) is 0. The molecule has 0 saturated carbocycles. The third-order valence-corrected chi connectivity index (χ3v) is 3.53. The number of hydrogen-bond acceptors (Lipinski definition) is 0. The van der Waals surface area contributed by atoms with Crippen LogP contribution in [0, 0.1) is 6.07 Å². The molecule has 0 saturated heterocycles. The summed E-state index contributed by atoms with van der Waals surface area (Å²) >= 11 is 0. The van der Waals surface area contributed by atoms with E-state index in [0.717, 1.165) is 0 Å². The van der Waals surface area contributed by atoms with Gasteiger partial charge in [-0.25, -0.2) is 0 Å². The molecule has 0 amide bonds. The van der Waals surface area contributed by atoms with Crippen molar-refractivity contribution in [2.45, 2.75) is 0 Å². The summed E-state index contributed by atoms with van der Waals surface area (Å²) in [6.07, 6.45) is 8.55. The molecule has 0 fully saturated rings. The Kier molecular flexibility index (Phi) is 1.92. The van der Waals surface area contributed by atoms with Crippen LogP contribution in [0.3, 0.4) is 0 Å². The van der Waals surface area contributed by atoms with E-state index in [1.807, 2.05) is 6.07 Å². The van der Waals surface area contributed by atoms with Crippen molar-refractivity contribution in [3.8, 4) is 0 Å². The molecule has 3 aromatic rings. The third-order valence-electron chi connectivity index (χ3n) is 3.53. The van der Waals surface area contributed by atoms with Gasteiger partial charge >= 0.3 is 0 Å². The SMILES string of the molecule is [c]1cccc2c1cc1c3c(cccc32)C=CC=C1. The molecule has 0 aromatic heterocycles. The van der Waals surface area contributed by atoms with Gasteiger partial charge in [0.05, 0.1) is 0 Å². The highest BCUT2D eigenvalue weighted by Gasteiger charge is 2.08. The van der Waals surface area contributed by atoms with Crippen molar-refractivity contribution in [1.82, 2.24) is 0 Å². The average molecular weight is 227 g/mol. The minimum absolute atomic E-state index is 1.18. The molecule has 1 aliphatic rings. The van der Waals surface area contributed by atoms with Crippen LogP contribution in [0.15, 0.2) is 54.6 Å². The Labute approximate surface area is 106 Å². The third kappa shape index (κ3) is 1.26. The second-order valence-electron chi connectivity index (χ2n) is 4.59. The van der Waals surface area contributed by atoms with Gasteiger partial charge in [-0.3, -0.25) is 0 Å². The van der Waals surface area contributed by atoms with Crippen molar-refractivity contribution in [2.75, 3.05) is 0 Å². The summed E-state index contributed by atoms with van der Waals surface area (Å²) in [6, 6.07) is 18.3. The predicted octanol–water partition coefficient (Wildman–Crippen LogP) is 4.83. The molecule has 0 spiro atoms. The van der Waals surface area contributed by atoms with E-state index in [1.165, 1.54) is 32.7 Å². The van der Waals surface area contributed by atoms with Crippen molar-refractivity contribution in [3.63, 3.8) is 0 Å². The van der Waals surface area contributed by atoms with Gasteiger partial charge in [0.25, 0.3) is 0 Å². The monoisotopic (exact) mass is 227 g/mol. The molecule has 0 unspecified atom stereocenters. The number of fused-ring (bicyclic) bond motifs is 2. The van der Waals surface area contributed by atoms with Crippen molar-refractivity contribution in [2.24, 2.45) is 0 Å². The minimum atomic E-state index is 1.18. The summed E-state index contributed by atoms with van der Waals surface area (Å²) < 4.78 is 0. The Morgan fingerprint density at radius 1 is 0.778 bits per heavy atom. The highest BCUT2D eigenvalue weighted by Crippen LogP contribution is 2.33. The van der Waals surface area contributed by atoms with E-state index in [2.05, 4.69) is 66.8 Å². The molecular weight excluding hydrogens is 216 g/mol. The zero-order valence-electron chi connectivity index (χ0n) is 9.85. The van der Waals surface area contributed by atoms with E-state index in [4.69, 9.17) is 0 Å². The van der Waals surface area contributed by atoms with Crippen molar-refractivity contribution in [1.29, 1.82) is 0 Å². The highest BCUT2D eigenvalue weighted by atomic mass is 14.1. The largest absolute Gasteiger partial charge is 0.0616 e. The lowest BCUT2D eigenvalue weighted by Crippen LogP contribution is -1.85. The van der Waals surface area contributed by atoms with Gasteiger partial charge in [0.1, 0.15) is 0 Å². The van der Waals surface area contributed by atoms with Crippen molar-refractivity contribution in [3.05, 3.63) is 71.8 Å². The Morgan fingerprint density at radius 2 is 1.61 bits per heavy atom. The average Bonchev–Trinajstić information content (AvgIpc) is 2.63. The standard InChI is InChI=1S/C18H11/c1-2-8-15-12-14-7-3-4-10-16(14)17-11-5-9-13(6-1)18(15)17/h1-6,8-12H. The highest BCUT2D eigenvalue weighted by molar-refractivity contribution is 6.13. The Morgan fingerprint density at radius 3 is 2.56 bits per heavy atom. The molecule has 3 aromatic carbocycles. The molecule has 0 heteroatoms. The first-order valence-electron chi connectivity index (χ1n) is 6.14. The summed E-state index contributed by atoms with van der Waals surface area (Å²) in [4.78, 5) is 0. The molecule has 0 atom stereocenters. The Hall–Kier alpha value is -2.34. The molecule has 1 aliphatic carbocycles. The van der Waals surface area contributed by atoms with E-state index in [1.54, 1.807) is 0 Å². The van der Waals surface area contributed by atoms with E-state index in [9.17, 15) is 0 Å². The lowest BCUT2D eigenvalue weighted by molar-refractivity contribution is 1.71. The van der Waals surface area contributed by atoms with Crippen LogP contribution < -0.4 is 0 Å². The smallest absolute Gasteiger partial charge is 0.00324 e. The van der Waals surface area contributed by atoms with Gasteiger partial charge in [-0.2, -0.15) is 0 Å². The van der Waals surface area contributed by atoms with E-state index < -0.39 is 0 Å². The fourth-order valence-corrected chi connectivity index (χ4v) is 2.74. The second-order valence-corrected chi connectivity index (χ2v) is 4.59. The van der Waals surface area contributed by atoms with Gasteiger partial charge in [-0.15, -0.1) is 0 Å². The maximum Gasteiger partial charge on any atom is -0.00324 e. The van der Waals surface area contributed by atoms with Crippen LogP contribution in [0.4, 0.5) is 0 Å². The van der Waals surface area contributed by atoms with Crippen LogP contribution in [-0.4, -0.2) is 0 Å². The first kappa shape index (κ1) is 9.67. The van der Waals surface area contributed by atoms with E-state index in [-0.39, 0.29) is 0 Å². The van der Waals surface area contributed by atoms with Gasteiger partial charge in [0.2, 0.25) is 0 Å². The van der Waals surface area contributed by atoms with Crippen LogP contribution >= 0.6 is 0 Å². The van der Waals surface area contributed by atoms with Gasteiger partial charge in [0.15, 0.2) is 0 Å². The van der Waals surface area contributed by atoms with Gasteiger partial charge in [-0.05, 0) is 44.8 Å². The van der Waals surface area contributed by atoms with Crippen LogP contribution in [-0.2, 0) is 0 Å². The number of hydrogen-bond donors (Lipinski definition) is 0. The van der Waals surface area contributed by atoms with Crippen LogP contribution in [0.2, 0.25) is 0 Å². The molecular formula is C18H11. The predicted molar refractivity (Wildman–Crippen MR) is 78.4 cm³/mol. The molecule has 0 aliphatic heterocycles. The molecule has 18 heavy (non-hydrogen) atoms. The maximum absolute atomic E-state index is 3.33.